The molecule has 2 aromatic carbocycles. The second kappa shape index (κ2) is 8.80. The number of hydrogen-bond acceptors (Lipinski definition) is 5. The van der Waals surface area contributed by atoms with Crippen molar-refractivity contribution in [3.05, 3.63) is 53.6 Å². The van der Waals surface area contributed by atoms with E-state index in [0.29, 0.717) is 5.75 Å². The average molecular weight is 365 g/mol. The molecule has 0 aliphatic carbocycles. The molecular weight excluding hydrogens is 348 g/mol. The van der Waals surface area contributed by atoms with E-state index in [1.807, 2.05) is 0 Å². The van der Waals surface area contributed by atoms with Gasteiger partial charge in [-0.05, 0) is 31.2 Å². The zero-order chi connectivity index (χ0) is 19.1. The number of amides is 1. The Labute approximate surface area is 148 Å². The summed E-state index contributed by atoms with van der Waals surface area (Å²) >= 11 is 0. The van der Waals surface area contributed by atoms with Crippen LogP contribution in [0.2, 0.25) is 0 Å². The summed E-state index contributed by atoms with van der Waals surface area (Å²) in [6, 6.07) is 10.7. The number of carbonyl (C=O) groups is 2. The minimum Gasteiger partial charge on any atom is -0.496 e. The Morgan fingerprint density at radius 3 is 2.54 bits per heavy atom. The highest BCUT2D eigenvalue weighted by Gasteiger charge is 2.17. The van der Waals surface area contributed by atoms with Gasteiger partial charge in [0, 0.05) is 0 Å². The number of para-hydroxylation sites is 2. The van der Waals surface area contributed by atoms with Crippen molar-refractivity contribution >= 4 is 17.6 Å². The third-order valence-electron chi connectivity index (χ3n) is 3.29. The molecule has 0 atom stereocenters. The summed E-state index contributed by atoms with van der Waals surface area (Å²) < 4.78 is 39.1. The summed E-state index contributed by atoms with van der Waals surface area (Å²) in [4.78, 5) is 24.1. The molecule has 6 nitrogen and oxygen atoms in total. The van der Waals surface area contributed by atoms with E-state index >= 15 is 0 Å². The number of benzene rings is 2. The first kappa shape index (κ1) is 19.2. The topological polar surface area (TPSA) is 73.9 Å². The number of aryl methyl sites for hydroxylation is 1. The lowest BCUT2D eigenvalue weighted by Crippen LogP contribution is -2.21. The number of rotatable bonds is 7. The van der Waals surface area contributed by atoms with Crippen LogP contribution in [0.5, 0.6) is 11.5 Å². The molecule has 0 radical (unpaired) electrons. The van der Waals surface area contributed by atoms with Crippen molar-refractivity contribution in [2.24, 2.45) is 0 Å². The van der Waals surface area contributed by atoms with E-state index in [2.05, 4.69) is 10.1 Å². The van der Waals surface area contributed by atoms with E-state index in [9.17, 15) is 18.4 Å². The van der Waals surface area contributed by atoms with E-state index in [1.165, 1.54) is 31.4 Å². The minimum atomic E-state index is -3.03. The minimum absolute atomic E-state index is 0.0435. The molecule has 0 aliphatic rings. The number of hydrogen-bond donors (Lipinski definition) is 1. The van der Waals surface area contributed by atoms with E-state index in [4.69, 9.17) is 9.47 Å². The van der Waals surface area contributed by atoms with Crippen molar-refractivity contribution in [1.29, 1.82) is 0 Å². The predicted molar refractivity (Wildman–Crippen MR) is 89.7 cm³/mol. The van der Waals surface area contributed by atoms with Gasteiger partial charge in [0.05, 0.1) is 12.8 Å². The molecule has 2 rings (SSSR count). The number of methoxy groups -OCH3 is 1. The van der Waals surface area contributed by atoms with Gasteiger partial charge in [-0.3, -0.25) is 4.79 Å². The van der Waals surface area contributed by atoms with Crippen molar-refractivity contribution in [3.8, 4) is 11.5 Å². The fourth-order valence-corrected chi connectivity index (χ4v) is 2.15. The summed E-state index contributed by atoms with van der Waals surface area (Å²) in [5.74, 6) is -1.31. The Hall–Kier alpha value is -3.16. The van der Waals surface area contributed by atoms with Gasteiger partial charge in [0.1, 0.15) is 17.1 Å². The maximum atomic E-state index is 12.4. The molecule has 0 saturated carbocycles. The van der Waals surface area contributed by atoms with Gasteiger partial charge in [-0.25, -0.2) is 4.79 Å². The first-order valence-electron chi connectivity index (χ1n) is 7.56. The summed E-state index contributed by atoms with van der Waals surface area (Å²) in [7, 11) is 1.41. The lowest BCUT2D eigenvalue weighted by Gasteiger charge is -2.12. The Morgan fingerprint density at radius 2 is 1.85 bits per heavy atom. The maximum absolute atomic E-state index is 12.4. The second-order valence-electron chi connectivity index (χ2n) is 5.20. The van der Waals surface area contributed by atoms with Crippen LogP contribution in [0.15, 0.2) is 42.5 Å². The van der Waals surface area contributed by atoms with E-state index in [1.54, 1.807) is 25.1 Å². The molecule has 0 fully saturated rings. The van der Waals surface area contributed by atoms with Crippen LogP contribution in [0.1, 0.15) is 15.9 Å². The number of halogens is 2. The molecule has 26 heavy (non-hydrogen) atoms. The smallest absolute Gasteiger partial charge is 0.387 e. The Kier molecular flexibility index (Phi) is 6.48. The molecule has 0 aliphatic heterocycles. The summed E-state index contributed by atoms with van der Waals surface area (Å²) in [6.07, 6.45) is 0. The predicted octanol–water partition coefficient (Wildman–Crippen LogP) is 3.40. The van der Waals surface area contributed by atoms with Gasteiger partial charge in [-0.1, -0.05) is 23.8 Å². The number of ether oxygens (including phenoxy) is 3. The van der Waals surface area contributed by atoms with Crippen molar-refractivity contribution < 1.29 is 32.6 Å². The fourth-order valence-electron chi connectivity index (χ4n) is 2.15. The highest BCUT2D eigenvalue weighted by molar-refractivity contribution is 5.97. The van der Waals surface area contributed by atoms with Gasteiger partial charge < -0.3 is 19.5 Å². The van der Waals surface area contributed by atoms with Crippen LogP contribution < -0.4 is 14.8 Å². The number of alkyl halides is 2. The largest absolute Gasteiger partial charge is 0.496 e. The molecule has 0 bridgehead atoms. The van der Waals surface area contributed by atoms with Crippen LogP contribution in [-0.2, 0) is 9.53 Å². The highest BCUT2D eigenvalue weighted by Crippen LogP contribution is 2.25. The number of nitrogens with one attached hydrogen (secondary N) is 1. The van der Waals surface area contributed by atoms with Crippen LogP contribution in [-0.4, -0.2) is 32.2 Å². The van der Waals surface area contributed by atoms with Crippen molar-refractivity contribution in [3.63, 3.8) is 0 Å². The molecule has 0 aromatic heterocycles. The summed E-state index contributed by atoms with van der Waals surface area (Å²) in [6.45, 7) is -1.83. The van der Waals surface area contributed by atoms with E-state index < -0.39 is 25.1 Å². The monoisotopic (exact) mass is 365 g/mol. The molecule has 0 unspecified atom stereocenters. The van der Waals surface area contributed by atoms with Gasteiger partial charge in [0.15, 0.2) is 6.61 Å². The molecule has 2 aromatic rings. The zero-order valence-electron chi connectivity index (χ0n) is 14.1. The molecule has 1 N–H and O–H groups in total. The van der Waals surface area contributed by atoms with E-state index in [-0.39, 0.29) is 17.0 Å². The third-order valence-corrected chi connectivity index (χ3v) is 3.29. The van der Waals surface area contributed by atoms with Crippen LogP contribution in [0.4, 0.5) is 14.5 Å². The average Bonchev–Trinajstić information content (AvgIpc) is 2.61. The van der Waals surface area contributed by atoms with Crippen LogP contribution in [0, 0.1) is 6.92 Å². The fraction of sp³-hybridized carbons (Fsp3) is 0.222. The van der Waals surface area contributed by atoms with Gasteiger partial charge >= 0.3 is 12.6 Å². The quantitative estimate of drug-likeness (QED) is 0.762. The van der Waals surface area contributed by atoms with Gasteiger partial charge in [-0.15, -0.1) is 0 Å². The lowest BCUT2D eigenvalue weighted by molar-refractivity contribution is -0.119. The molecule has 0 heterocycles. The first-order valence-corrected chi connectivity index (χ1v) is 7.56. The van der Waals surface area contributed by atoms with Crippen molar-refractivity contribution in [2.75, 3.05) is 19.0 Å². The molecule has 8 heteroatoms. The zero-order valence-corrected chi connectivity index (χ0v) is 14.1. The second-order valence-corrected chi connectivity index (χ2v) is 5.20. The number of esters is 1. The first-order chi connectivity index (χ1) is 12.4. The van der Waals surface area contributed by atoms with E-state index in [0.717, 1.165) is 5.56 Å². The molecule has 1 amide bonds. The maximum Gasteiger partial charge on any atom is 0.387 e. The van der Waals surface area contributed by atoms with Gasteiger partial charge in [0.2, 0.25) is 0 Å². The molecule has 0 spiro atoms. The summed E-state index contributed by atoms with van der Waals surface area (Å²) in [5, 5.41) is 2.36. The summed E-state index contributed by atoms with van der Waals surface area (Å²) in [5.41, 5.74) is 1.05. The van der Waals surface area contributed by atoms with Crippen LogP contribution >= 0.6 is 0 Å². The Morgan fingerprint density at radius 1 is 1.12 bits per heavy atom. The number of anilines is 1. The van der Waals surface area contributed by atoms with Crippen molar-refractivity contribution in [2.45, 2.75) is 13.5 Å². The number of carbonyl (C=O) groups excluding carboxylic acids is 2. The van der Waals surface area contributed by atoms with Crippen LogP contribution in [0.25, 0.3) is 0 Å². The van der Waals surface area contributed by atoms with Crippen LogP contribution in [0.3, 0.4) is 0 Å². The normalized spacial score (nSPS) is 10.3. The Bertz CT molecular complexity index is 795. The van der Waals surface area contributed by atoms with Crippen molar-refractivity contribution in [1.82, 2.24) is 0 Å². The molecular formula is C18H17F2NO5. The Balaban J connectivity index is 1.99. The molecule has 0 saturated heterocycles. The van der Waals surface area contributed by atoms with Gasteiger partial charge in [0.25, 0.3) is 5.91 Å². The molecule has 138 valence electrons. The van der Waals surface area contributed by atoms with Gasteiger partial charge in [-0.2, -0.15) is 8.78 Å². The third kappa shape index (κ3) is 5.17. The lowest BCUT2D eigenvalue weighted by atomic mass is 10.1. The SMILES string of the molecule is COc1ccc(C)cc1C(=O)OCC(=O)Nc1ccccc1OC(F)F. The highest BCUT2D eigenvalue weighted by atomic mass is 19.3. The standard InChI is InChI=1S/C18H17F2NO5/c1-11-7-8-14(24-2)12(9-11)17(23)25-10-16(22)21-13-5-3-4-6-15(13)26-18(19)20/h3-9,18H,10H2,1-2H3,(H,21,22).